The largest absolute Gasteiger partial charge is 0.338 e. The summed E-state index contributed by atoms with van der Waals surface area (Å²) < 4.78 is 0. The number of hydrogen-bond donors (Lipinski definition) is 1. The summed E-state index contributed by atoms with van der Waals surface area (Å²) in [6.07, 6.45) is 2.93. The first-order valence-electron chi connectivity index (χ1n) is 5.56. The Bertz CT molecular complexity index is 480. The summed E-state index contributed by atoms with van der Waals surface area (Å²) >= 11 is 0. The predicted molar refractivity (Wildman–Crippen MR) is 65.5 cm³/mol. The number of aromatic nitrogens is 2. The lowest BCUT2D eigenvalue weighted by molar-refractivity contribution is -0.118. The van der Waals surface area contributed by atoms with Crippen LogP contribution in [-0.4, -0.2) is 41.4 Å². The first kappa shape index (κ1) is 12.3. The van der Waals surface area contributed by atoms with E-state index in [4.69, 9.17) is 5.53 Å². The summed E-state index contributed by atoms with van der Waals surface area (Å²) in [6.45, 7) is 3.57. The average Bonchev–Trinajstić information content (AvgIpc) is 2.40. The number of carbonyl (C=O) groups is 1. The normalized spacial score (nSPS) is 19.2. The standard InChI is InChI=1S/C10H13N7O/c1-7(18)9-6-17(3-2-12-9)10-13-4-8(5-14-10)15-16-11/h4-5,9,12H,2-3,6H2,1H3. The van der Waals surface area contributed by atoms with Crippen molar-refractivity contribution in [2.45, 2.75) is 13.0 Å². The highest BCUT2D eigenvalue weighted by atomic mass is 16.1. The van der Waals surface area contributed by atoms with Crippen molar-refractivity contribution >= 4 is 17.4 Å². The maximum atomic E-state index is 11.3. The summed E-state index contributed by atoms with van der Waals surface area (Å²) in [6, 6.07) is -0.181. The van der Waals surface area contributed by atoms with Gasteiger partial charge in [-0.1, -0.05) is 5.11 Å². The Kier molecular flexibility index (Phi) is 3.71. The van der Waals surface area contributed by atoms with Crippen molar-refractivity contribution in [2.24, 2.45) is 5.11 Å². The van der Waals surface area contributed by atoms with Gasteiger partial charge in [0.2, 0.25) is 5.95 Å². The molecule has 0 aliphatic carbocycles. The Balaban J connectivity index is 2.11. The molecular weight excluding hydrogens is 234 g/mol. The van der Waals surface area contributed by atoms with E-state index in [-0.39, 0.29) is 11.8 Å². The molecule has 0 bridgehead atoms. The van der Waals surface area contributed by atoms with Gasteiger partial charge < -0.3 is 10.2 Å². The number of ketones is 1. The van der Waals surface area contributed by atoms with Gasteiger partial charge in [0.15, 0.2) is 0 Å². The van der Waals surface area contributed by atoms with Crippen molar-refractivity contribution in [1.82, 2.24) is 15.3 Å². The van der Waals surface area contributed by atoms with Crippen molar-refractivity contribution in [3.63, 3.8) is 0 Å². The maximum absolute atomic E-state index is 11.3. The summed E-state index contributed by atoms with van der Waals surface area (Å²) in [7, 11) is 0. The van der Waals surface area contributed by atoms with Crippen LogP contribution in [0, 0.1) is 0 Å². The highest BCUT2D eigenvalue weighted by molar-refractivity contribution is 5.82. The van der Waals surface area contributed by atoms with Crippen molar-refractivity contribution in [3.05, 3.63) is 22.8 Å². The molecular formula is C10H13N7O. The van der Waals surface area contributed by atoms with Crippen LogP contribution in [0.2, 0.25) is 0 Å². The van der Waals surface area contributed by atoms with Crippen LogP contribution in [0.1, 0.15) is 6.92 Å². The molecule has 1 N–H and O–H groups in total. The number of rotatable bonds is 3. The van der Waals surface area contributed by atoms with Gasteiger partial charge in [-0.25, -0.2) is 9.97 Å². The first-order chi connectivity index (χ1) is 8.70. The minimum absolute atomic E-state index is 0.102. The number of piperazine rings is 1. The Morgan fingerprint density at radius 1 is 1.61 bits per heavy atom. The molecule has 1 aromatic rings. The van der Waals surface area contributed by atoms with Crippen LogP contribution in [-0.2, 0) is 4.79 Å². The molecule has 0 aromatic carbocycles. The van der Waals surface area contributed by atoms with E-state index in [9.17, 15) is 4.79 Å². The second kappa shape index (κ2) is 5.44. The lowest BCUT2D eigenvalue weighted by Gasteiger charge is -2.32. The molecule has 1 atom stereocenters. The number of anilines is 1. The van der Waals surface area contributed by atoms with Crippen LogP contribution in [0.4, 0.5) is 11.6 Å². The molecule has 2 rings (SSSR count). The smallest absolute Gasteiger partial charge is 0.225 e. The molecule has 1 aliphatic rings. The van der Waals surface area contributed by atoms with Gasteiger partial charge in [0.05, 0.1) is 11.7 Å². The second-order valence-electron chi connectivity index (χ2n) is 3.99. The van der Waals surface area contributed by atoms with Gasteiger partial charge in [-0.3, -0.25) is 4.79 Å². The summed E-state index contributed by atoms with van der Waals surface area (Å²) in [4.78, 5) is 24.2. The van der Waals surface area contributed by atoms with Crippen LogP contribution >= 0.6 is 0 Å². The molecule has 0 spiro atoms. The number of nitrogens with one attached hydrogen (secondary N) is 1. The maximum Gasteiger partial charge on any atom is 0.225 e. The lowest BCUT2D eigenvalue weighted by Crippen LogP contribution is -2.54. The van der Waals surface area contributed by atoms with Crippen molar-refractivity contribution < 1.29 is 4.79 Å². The number of nitrogens with zero attached hydrogens (tertiary/aromatic N) is 6. The first-order valence-corrected chi connectivity index (χ1v) is 5.56. The molecule has 2 heterocycles. The quantitative estimate of drug-likeness (QED) is 0.482. The molecule has 94 valence electrons. The van der Waals surface area contributed by atoms with E-state index in [1.54, 1.807) is 6.92 Å². The van der Waals surface area contributed by atoms with Crippen molar-refractivity contribution in [2.75, 3.05) is 24.5 Å². The molecule has 1 saturated heterocycles. The SMILES string of the molecule is CC(=O)C1CN(c2ncc(N=[N+]=[N-])cn2)CCN1. The molecule has 8 nitrogen and oxygen atoms in total. The predicted octanol–water partition coefficient (Wildman–Crippen LogP) is 0.786. The number of Topliss-reactive ketones (excluding diaryl/α,β-unsaturated/α-hetero) is 1. The van der Waals surface area contributed by atoms with Crippen molar-refractivity contribution in [3.8, 4) is 0 Å². The Labute approximate surface area is 104 Å². The van der Waals surface area contributed by atoms with E-state index in [0.29, 0.717) is 24.7 Å². The van der Waals surface area contributed by atoms with Gasteiger partial charge in [-0.05, 0) is 12.5 Å². The van der Waals surface area contributed by atoms with Crippen molar-refractivity contribution in [1.29, 1.82) is 0 Å². The van der Waals surface area contributed by atoms with E-state index in [0.717, 1.165) is 6.54 Å². The molecule has 0 amide bonds. The van der Waals surface area contributed by atoms with Gasteiger partial charge in [0.25, 0.3) is 0 Å². The number of azide groups is 1. The third-order valence-electron chi connectivity index (χ3n) is 2.73. The number of hydrogen-bond acceptors (Lipinski definition) is 6. The molecule has 8 heteroatoms. The Morgan fingerprint density at radius 3 is 2.94 bits per heavy atom. The van der Waals surface area contributed by atoms with Gasteiger partial charge in [0.1, 0.15) is 5.78 Å². The zero-order valence-electron chi connectivity index (χ0n) is 9.94. The number of carbonyl (C=O) groups excluding carboxylic acids is 1. The van der Waals surface area contributed by atoms with Gasteiger partial charge >= 0.3 is 0 Å². The fourth-order valence-electron chi connectivity index (χ4n) is 1.78. The molecule has 1 aliphatic heterocycles. The minimum Gasteiger partial charge on any atom is -0.338 e. The van der Waals surface area contributed by atoms with E-state index in [2.05, 4.69) is 25.3 Å². The molecule has 1 unspecified atom stereocenters. The molecule has 1 fully saturated rings. The second-order valence-corrected chi connectivity index (χ2v) is 3.99. The molecule has 18 heavy (non-hydrogen) atoms. The van der Waals surface area contributed by atoms with Crippen LogP contribution in [0.25, 0.3) is 10.4 Å². The highest BCUT2D eigenvalue weighted by Crippen LogP contribution is 2.14. The summed E-state index contributed by atoms with van der Waals surface area (Å²) in [5.41, 5.74) is 8.65. The van der Waals surface area contributed by atoms with E-state index in [1.807, 2.05) is 4.90 Å². The van der Waals surface area contributed by atoms with Crippen LogP contribution in [0.15, 0.2) is 17.5 Å². The molecule has 0 saturated carbocycles. The van der Waals surface area contributed by atoms with Crippen LogP contribution < -0.4 is 10.2 Å². The Hall–Kier alpha value is -2.18. The monoisotopic (exact) mass is 247 g/mol. The van der Waals surface area contributed by atoms with E-state index < -0.39 is 0 Å². The fraction of sp³-hybridized carbons (Fsp3) is 0.500. The fourth-order valence-corrected chi connectivity index (χ4v) is 1.78. The topological polar surface area (TPSA) is 107 Å². The van der Waals surface area contributed by atoms with Crippen LogP contribution in [0.3, 0.4) is 0 Å². The van der Waals surface area contributed by atoms with E-state index >= 15 is 0 Å². The molecule has 1 aromatic heterocycles. The third kappa shape index (κ3) is 2.73. The van der Waals surface area contributed by atoms with Gasteiger partial charge in [0, 0.05) is 36.9 Å². The lowest BCUT2D eigenvalue weighted by atomic mass is 10.1. The molecule has 0 radical (unpaired) electrons. The van der Waals surface area contributed by atoms with Gasteiger partial charge in [-0.15, -0.1) is 0 Å². The zero-order valence-corrected chi connectivity index (χ0v) is 9.94. The van der Waals surface area contributed by atoms with Gasteiger partial charge in [-0.2, -0.15) is 0 Å². The average molecular weight is 247 g/mol. The van der Waals surface area contributed by atoms with E-state index in [1.165, 1.54) is 12.4 Å². The van der Waals surface area contributed by atoms with Crippen LogP contribution in [0.5, 0.6) is 0 Å². The Morgan fingerprint density at radius 2 is 2.33 bits per heavy atom. The highest BCUT2D eigenvalue weighted by Gasteiger charge is 2.23. The minimum atomic E-state index is -0.181. The summed E-state index contributed by atoms with van der Waals surface area (Å²) in [5.74, 6) is 0.644. The zero-order chi connectivity index (χ0) is 13.0. The third-order valence-corrected chi connectivity index (χ3v) is 2.73. The summed E-state index contributed by atoms with van der Waals surface area (Å²) in [5, 5.41) is 6.54.